The minimum Gasteiger partial charge on any atom is -0.355 e. The van der Waals surface area contributed by atoms with Crippen LogP contribution in [-0.4, -0.2) is 42.0 Å². The zero-order valence-corrected chi connectivity index (χ0v) is 11.8. The normalized spacial score (nSPS) is 19.9. The summed E-state index contributed by atoms with van der Waals surface area (Å²) in [4.78, 5) is 24.3. The van der Waals surface area contributed by atoms with Crippen LogP contribution in [0.1, 0.15) is 39.5 Å². The van der Waals surface area contributed by atoms with Crippen molar-refractivity contribution < 1.29 is 22.8 Å². The van der Waals surface area contributed by atoms with Crippen molar-refractivity contribution in [1.29, 1.82) is 0 Å². The summed E-state index contributed by atoms with van der Waals surface area (Å²) in [6.45, 7) is 2.45. The predicted octanol–water partition coefficient (Wildman–Crippen LogP) is 2.09. The second kappa shape index (κ2) is 6.95. The summed E-state index contributed by atoms with van der Waals surface area (Å²) < 4.78 is 38.0. The van der Waals surface area contributed by atoms with Crippen molar-refractivity contribution in [1.82, 2.24) is 10.2 Å². The minimum atomic E-state index is -4.41. The van der Waals surface area contributed by atoms with Crippen molar-refractivity contribution in [2.75, 3.05) is 13.1 Å². The van der Waals surface area contributed by atoms with Crippen molar-refractivity contribution in [2.45, 2.75) is 51.7 Å². The standard InChI is InChI=1S/C13H21F3N2O2/c1-3-10(4-2)18(8-13(14,15)16)12(20)9-5-6-11(19)17-7-9/h9-10H,3-8H2,1-2H3,(H,17,19). The van der Waals surface area contributed by atoms with Gasteiger partial charge in [0, 0.05) is 19.0 Å². The van der Waals surface area contributed by atoms with Crippen molar-refractivity contribution in [2.24, 2.45) is 5.92 Å². The molecule has 0 spiro atoms. The largest absolute Gasteiger partial charge is 0.406 e. The maximum absolute atomic E-state index is 12.7. The van der Waals surface area contributed by atoms with E-state index >= 15 is 0 Å². The van der Waals surface area contributed by atoms with Gasteiger partial charge in [0.15, 0.2) is 0 Å². The van der Waals surface area contributed by atoms with Crippen LogP contribution in [0.25, 0.3) is 0 Å². The number of hydrogen-bond acceptors (Lipinski definition) is 2. The number of amides is 2. The summed E-state index contributed by atoms with van der Waals surface area (Å²) in [6.07, 6.45) is -2.93. The third-order valence-corrected chi connectivity index (χ3v) is 3.63. The summed E-state index contributed by atoms with van der Waals surface area (Å²) in [7, 11) is 0. The lowest BCUT2D eigenvalue weighted by atomic mass is 9.96. The van der Waals surface area contributed by atoms with Crippen LogP contribution in [0.5, 0.6) is 0 Å². The van der Waals surface area contributed by atoms with E-state index in [2.05, 4.69) is 5.32 Å². The van der Waals surface area contributed by atoms with E-state index in [1.807, 2.05) is 0 Å². The highest BCUT2D eigenvalue weighted by Gasteiger charge is 2.38. The first-order valence-electron chi connectivity index (χ1n) is 6.92. The fourth-order valence-electron chi connectivity index (χ4n) is 2.49. The molecule has 1 atom stereocenters. The van der Waals surface area contributed by atoms with Crippen LogP contribution in [0.3, 0.4) is 0 Å². The molecule has 116 valence electrons. The number of piperidine rings is 1. The van der Waals surface area contributed by atoms with Crippen LogP contribution < -0.4 is 5.32 Å². The van der Waals surface area contributed by atoms with Gasteiger partial charge in [-0.2, -0.15) is 13.2 Å². The smallest absolute Gasteiger partial charge is 0.355 e. The number of nitrogens with one attached hydrogen (secondary N) is 1. The lowest BCUT2D eigenvalue weighted by molar-refractivity contribution is -0.169. The van der Waals surface area contributed by atoms with Gasteiger partial charge in [-0.3, -0.25) is 9.59 Å². The van der Waals surface area contributed by atoms with E-state index in [1.165, 1.54) is 0 Å². The third kappa shape index (κ3) is 4.68. The molecule has 1 heterocycles. The molecule has 2 amide bonds. The number of carbonyl (C=O) groups is 2. The van der Waals surface area contributed by atoms with E-state index in [0.29, 0.717) is 19.3 Å². The van der Waals surface area contributed by atoms with E-state index in [-0.39, 0.29) is 18.9 Å². The summed E-state index contributed by atoms with van der Waals surface area (Å²) in [6, 6.07) is -0.415. The van der Waals surface area contributed by atoms with Gasteiger partial charge in [0.2, 0.25) is 11.8 Å². The quantitative estimate of drug-likeness (QED) is 0.844. The van der Waals surface area contributed by atoms with Gasteiger partial charge < -0.3 is 10.2 Å². The summed E-state index contributed by atoms with van der Waals surface area (Å²) in [5.41, 5.74) is 0. The van der Waals surface area contributed by atoms with E-state index < -0.39 is 30.6 Å². The van der Waals surface area contributed by atoms with E-state index in [9.17, 15) is 22.8 Å². The Balaban J connectivity index is 2.80. The summed E-state index contributed by atoms with van der Waals surface area (Å²) in [5.74, 6) is -1.20. The molecule has 0 bridgehead atoms. The fraction of sp³-hybridized carbons (Fsp3) is 0.846. The molecule has 4 nitrogen and oxygen atoms in total. The van der Waals surface area contributed by atoms with E-state index in [1.54, 1.807) is 13.8 Å². The van der Waals surface area contributed by atoms with Crippen LogP contribution >= 0.6 is 0 Å². The zero-order valence-electron chi connectivity index (χ0n) is 11.8. The van der Waals surface area contributed by atoms with Gasteiger partial charge in [-0.25, -0.2) is 0 Å². The Morgan fingerprint density at radius 3 is 2.40 bits per heavy atom. The van der Waals surface area contributed by atoms with Crippen LogP contribution in [0.2, 0.25) is 0 Å². The maximum Gasteiger partial charge on any atom is 0.406 e. The molecule has 1 saturated heterocycles. The van der Waals surface area contributed by atoms with Gasteiger partial charge in [0.25, 0.3) is 0 Å². The second-order valence-corrected chi connectivity index (χ2v) is 5.09. The highest BCUT2D eigenvalue weighted by molar-refractivity contribution is 5.84. The molecule has 0 radical (unpaired) electrons. The molecule has 1 unspecified atom stereocenters. The minimum absolute atomic E-state index is 0.131. The molecule has 0 aliphatic carbocycles. The number of halogens is 3. The summed E-state index contributed by atoms with van der Waals surface area (Å²) >= 11 is 0. The molecule has 7 heteroatoms. The highest BCUT2D eigenvalue weighted by atomic mass is 19.4. The lowest BCUT2D eigenvalue weighted by Crippen LogP contribution is -2.51. The van der Waals surface area contributed by atoms with Crippen molar-refractivity contribution in [3.05, 3.63) is 0 Å². The maximum atomic E-state index is 12.7. The zero-order chi connectivity index (χ0) is 15.3. The van der Waals surface area contributed by atoms with Crippen molar-refractivity contribution >= 4 is 11.8 Å². The van der Waals surface area contributed by atoms with Crippen molar-refractivity contribution in [3.63, 3.8) is 0 Å². The second-order valence-electron chi connectivity index (χ2n) is 5.09. The number of rotatable bonds is 5. The Kier molecular flexibility index (Phi) is 5.83. The summed E-state index contributed by atoms with van der Waals surface area (Å²) in [5, 5.41) is 2.54. The van der Waals surface area contributed by atoms with Gasteiger partial charge in [-0.1, -0.05) is 13.8 Å². The Hall–Kier alpha value is -1.27. The molecule has 1 N–H and O–H groups in total. The number of alkyl halides is 3. The van der Waals surface area contributed by atoms with Crippen LogP contribution in [0, 0.1) is 5.92 Å². The van der Waals surface area contributed by atoms with Crippen LogP contribution in [-0.2, 0) is 9.59 Å². The Labute approximate surface area is 116 Å². The number of carbonyl (C=O) groups excluding carboxylic acids is 2. The molecule has 1 fully saturated rings. The number of hydrogen-bond donors (Lipinski definition) is 1. The molecule has 0 aromatic rings. The van der Waals surface area contributed by atoms with Gasteiger partial charge in [-0.15, -0.1) is 0 Å². The topological polar surface area (TPSA) is 49.4 Å². The molecule has 1 aliphatic rings. The highest BCUT2D eigenvalue weighted by Crippen LogP contribution is 2.24. The van der Waals surface area contributed by atoms with E-state index in [0.717, 1.165) is 4.90 Å². The van der Waals surface area contributed by atoms with Gasteiger partial charge in [-0.05, 0) is 19.3 Å². The van der Waals surface area contributed by atoms with E-state index in [4.69, 9.17) is 0 Å². The molecule has 0 aromatic carbocycles. The molecule has 0 saturated carbocycles. The first-order chi connectivity index (χ1) is 9.28. The SMILES string of the molecule is CCC(CC)N(CC(F)(F)F)C(=O)C1CCC(=O)NC1. The Morgan fingerprint density at radius 1 is 1.40 bits per heavy atom. The van der Waals surface area contributed by atoms with Crippen LogP contribution in [0.4, 0.5) is 13.2 Å². The van der Waals surface area contributed by atoms with Gasteiger partial charge >= 0.3 is 6.18 Å². The molecule has 1 rings (SSSR count). The third-order valence-electron chi connectivity index (χ3n) is 3.63. The molecule has 20 heavy (non-hydrogen) atoms. The van der Waals surface area contributed by atoms with Crippen LogP contribution in [0.15, 0.2) is 0 Å². The fourth-order valence-corrected chi connectivity index (χ4v) is 2.49. The first-order valence-corrected chi connectivity index (χ1v) is 6.92. The number of nitrogens with zero attached hydrogens (tertiary/aromatic N) is 1. The molecular weight excluding hydrogens is 273 g/mol. The monoisotopic (exact) mass is 294 g/mol. The van der Waals surface area contributed by atoms with Gasteiger partial charge in [0.1, 0.15) is 6.54 Å². The van der Waals surface area contributed by atoms with Gasteiger partial charge in [0.05, 0.1) is 5.92 Å². The lowest BCUT2D eigenvalue weighted by Gasteiger charge is -2.35. The molecular formula is C13H21F3N2O2. The first kappa shape index (κ1) is 16.8. The average Bonchev–Trinajstić information content (AvgIpc) is 2.37. The Morgan fingerprint density at radius 2 is 2.00 bits per heavy atom. The predicted molar refractivity (Wildman–Crippen MR) is 67.9 cm³/mol. The average molecular weight is 294 g/mol. The molecule has 1 aliphatic heterocycles. The van der Waals surface area contributed by atoms with Crippen molar-refractivity contribution in [3.8, 4) is 0 Å². The Bertz CT molecular complexity index is 344. The molecule has 0 aromatic heterocycles.